The predicted molar refractivity (Wildman–Crippen MR) is 117 cm³/mol. The van der Waals surface area contributed by atoms with Crippen LogP contribution in [-0.2, 0) is 30.2 Å². The summed E-state index contributed by atoms with van der Waals surface area (Å²) in [5.74, 6) is -0.688. The number of amides is 1. The molecule has 2 aromatic carbocycles. The minimum atomic E-state index is -3.71. The van der Waals surface area contributed by atoms with Crippen molar-refractivity contribution in [3.8, 4) is 10.4 Å². The number of hydrogen-bond acceptors (Lipinski definition) is 7. The molecule has 30 heavy (non-hydrogen) atoms. The van der Waals surface area contributed by atoms with Gasteiger partial charge in [-0.1, -0.05) is 41.7 Å². The molecule has 0 aliphatic heterocycles. The molecular formula is C20H20N2O5S3. The van der Waals surface area contributed by atoms with Gasteiger partial charge >= 0.3 is 0 Å². The molecule has 7 nitrogen and oxygen atoms in total. The number of benzene rings is 2. The highest BCUT2D eigenvalue weighted by molar-refractivity contribution is 7.91. The highest BCUT2D eigenvalue weighted by Gasteiger charge is 2.22. The molecule has 0 atom stereocenters. The number of anilines is 1. The van der Waals surface area contributed by atoms with Crippen LogP contribution < -0.4 is 5.32 Å². The van der Waals surface area contributed by atoms with E-state index >= 15 is 0 Å². The molecule has 0 radical (unpaired) electrons. The van der Waals surface area contributed by atoms with Gasteiger partial charge in [-0.05, 0) is 36.2 Å². The minimum absolute atomic E-state index is 0.0478. The lowest BCUT2D eigenvalue weighted by atomic mass is 10.1. The van der Waals surface area contributed by atoms with E-state index in [0.717, 1.165) is 6.26 Å². The van der Waals surface area contributed by atoms with Crippen LogP contribution in [0.5, 0.6) is 0 Å². The quantitative estimate of drug-likeness (QED) is 0.598. The molecule has 10 heteroatoms. The fraction of sp³-hybridized carbons (Fsp3) is 0.200. The molecule has 1 aromatic heterocycles. The summed E-state index contributed by atoms with van der Waals surface area (Å²) in [6.45, 7) is 3.13. The van der Waals surface area contributed by atoms with E-state index in [1.165, 1.54) is 42.5 Å². The van der Waals surface area contributed by atoms with Crippen LogP contribution in [0.4, 0.5) is 5.13 Å². The predicted octanol–water partition coefficient (Wildman–Crippen LogP) is 3.45. The van der Waals surface area contributed by atoms with E-state index in [1.54, 1.807) is 31.2 Å². The zero-order valence-electron chi connectivity index (χ0n) is 16.5. The Morgan fingerprint density at radius 2 is 1.73 bits per heavy atom. The Morgan fingerprint density at radius 1 is 1.07 bits per heavy atom. The SMILES string of the molecule is CC(=O)Nc1nc(C)c(-c2ccc(CS(=O)(=O)c3ccccc3)c(S(C)(=O)=O)c2)s1. The van der Waals surface area contributed by atoms with Crippen LogP contribution in [0.1, 0.15) is 18.2 Å². The fourth-order valence-electron chi connectivity index (χ4n) is 2.94. The number of rotatable bonds is 6. The van der Waals surface area contributed by atoms with Crippen molar-refractivity contribution >= 4 is 42.1 Å². The highest BCUT2D eigenvalue weighted by Crippen LogP contribution is 2.35. The molecule has 0 bridgehead atoms. The number of aryl methyl sites for hydroxylation is 1. The molecule has 0 aliphatic rings. The number of carbonyl (C=O) groups excluding carboxylic acids is 1. The average molecular weight is 465 g/mol. The number of aromatic nitrogens is 1. The standard InChI is InChI=1S/C20H20N2O5S3/c1-13-19(28-20(21-13)22-14(2)23)15-9-10-16(18(11-15)29(3,24)25)12-30(26,27)17-7-5-4-6-8-17/h4-11H,12H2,1-3H3,(H,21,22,23). The molecule has 3 rings (SSSR count). The lowest BCUT2D eigenvalue weighted by Gasteiger charge is -2.11. The van der Waals surface area contributed by atoms with E-state index in [-0.39, 0.29) is 21.3 Å². The monoisotopic (exact) mass is 464 g/mol. The number of thiazole rings is 1. The Kier molecular flexibility index (Phi) is 6.11. The van der Waals surface area contributed by atoms with Gasteiger partial charge in [0.05, 0.1) is 26.1 Å². The van der Waals surface area contributed by atoms with Crippen LogP contribution in [0.15, 0.2) is 58.3 Å². The molecule has 158 valence electrons. The first-order valence-electron chi connectivity index (χ1n) is 8.83. The molecule has 0 unspecified atom stereocenters. The first-order valence-corrected chi connectivity index (χ1v) is 13.2. The third-order valence-electron chi connectivity index (χ3n) is 4.26. The zero-order chi connectivity index (χ0) is 22.1. The summed E-state index contributed by atoms with van der Waals surface area (Å²) in [5, 5.41) is 3.02. The van der Waals surface area contributed by atoms with Crippen LogP contribution in [0.3, 0.4) is 0 Å². The second-order valence-electron chi connectivity index (χ2n) is 6.78. The number of nitrogens with one attached hydrogen (secondary N) is 1. The topological polar surface area (TPSA) is 110 Å². The van der Waals surface area contributed by atoms with Crippen molar-refractivity contribution in [2.75, 3.05) is 11.6 Å². The first kappa shape index (κ1) is 22.1. The largest absolute Gasteiger partial charge is 0.302 e. The van der Waals surface area contributed by atoms with Crippen molar-refractivity contribution in [2.24, 2.45) is 0 Å². The van der Waals surface area contributed by atoms with Crippen molar-refractivity contribution in [3.63, 3.8) is 0 Å². The molecule has 0 saturated carbocycles. The normalized spacial score (nSPS) is 12.0. The molecule has 1 amide bonds. The van der Waals surface area contributed by atoms with Crippen LogP contribution in [0, 0.1) is 6.92 Å². The Bertz CT molecular complexity index is 1310. The van der Waals surface area contributed by atoms with Gasteiger partial charge in [0.1, 0.15) is 0 Å². The molecular weight excluding hydrogens is 444 g/mol. The lowest BCUT2D eigenvalue weighted by molar-refractivity contribution is -0.114. The maximum absolute atomic E-state index is 12.8. The van der Waals surface area contributed by atoms with Crippen molar-refractivity contribution in [1.29, 1.82) is 0 Å². The van der Waals surface area contributed by atoms with Gasteiger partial charge in [-0.2, -0.15) is 0 Å². The van der Waals surface area contributed by atoms with E-state index in [9.17, 15) is 21.6 Å². The van der Waals surface area contributed by atoms with Gasteiger partial charge < -0.3 is 5.32 Å². The van der Waals surface area contributed by atoms with Gasteiger partial charge in [-0.25, -0.2) is 21.8 Å². The summed E-state index contributed by atoms with van der Waals surface area (Å²) in [6.07, 6.45) is 1.05. The summed E-state index contributed by atoms with van der Waals surface area (Å²) in [5.41, 5.74) is 1.42. The van der Waals surface area contributed by atoms with E-state index in [4.69, 9.17) is 0 Å². The third kappa shape index (κ3) is 4.94. The van der Waals surface area contributed by atoms with Crippen molar-refractivity contribution in [2.45, 2.75) is 29.4 Å². The number of sulfone groups is 2. The van der Waals surface area contributed by atoms with Gasteiger partial charge in [0, 0.05) is 13.2 Å². The second kappa shape index (κ2) is 8.29. The molecule has 0 aliphatic carbocycles. The van der Waals surface area contributed by atoms with Crippen LogP contribution in [0.25, 0.3) is 10.4 Å². The van der Waals surface area contributed by atoms with Gasteiger partial charge in [0.2, 0.25) is 5.91 Å². The maximum Gasteiger partial charge on any atom is 0.223 e. The van der Waals surface area contributed by atoms with E-state index < -0.39 is 25.4 Å². The lowest BCUT2D eigenvalue weighted by Crippen LogP contribution is -2.09. The number of hydrogen-bond donors (Lipinski definition) is 1. The fourth-order valence-corrected chi connectivity index (χ4v) is 6.40. The molecule has 3 aromatic rings. The number of nitrogens with zero attached hydrogens (tertiary/aromatic N) is 1. The summed E-state index contributed by atoms with van der Waals surface area (Å²) in [6, 6.07) is 12.6. The van der Waals surface area contributed by atoms with Crippen LogP contribution >= 0.6 is 11.3 Å². The second-order valence-corrected chi connectivity index (χ2v) is 11.8. The third-order valence-corrected chi connectivity index (χ3v) is 8.24. The molecule has 0 fully saturated rings. The van der Waals surface area contributed by atoms with Gasteiger partial charge in [0.25, 0.3) is 0 Å². The van der Waals surface area contributed by atoms with E-state index in [1.807, 2.05) is 0 Å². The highest BCUT2D eigenvalue weighted by atomic mass is 32.2. The molecule has 1 N–H and O–H groups in total. The van der Waals surface area contributed by atoms with Crippen molar-refractivity contribution in [1.82, 2.24) is 4.98 Å². The molecule has 0 saturated heterocycles. The average Bonchev–Trinajstić information content (AvgIpc) is 3.01. The minimum Gasteiger partial charge on any atom is -0.302 e. The summed E-state index contributed by atoms with van der Waals surface area (Å²) in [7, 11) is -7.41. The van der Waals surface area contributed by atoms with Crippen LogP contribution in [-0.4, -0.2) is 34.0 Å². The Balaban J connectivity index is 2.06. The molecule has 0 spiro atoms. The summed E-state index contributed by atoms with van der Waals surface area (Å²) in [4.78, 5) is 16.3. The van der Waals surface area contributed by atoms with Gasteiger partial charge in [-0.15, -0.1) is 0 Å². The van der Waals surface area contributed by atoms with Crippen LogP contribution in [0.2, 0.25) is 0 Å². The van der Waals surface area contributed by atoms with E-state index in [2.05, 4.69) is 10.3 Å². The Morgan fingerprint density at radius 3 is 2.33 bits per heavy atom. The van der Waals surface area contributed by atoms with Crippen molar-refractivity contribution in [3.05, 3.63) is 59.8 Å². The summed E-state index contributed by atoms with van der Waals surface area (Å²) < 4.78 is 50.4. The summed E-state index contributed by atoms with van der Waals surface area (Å²) >= 11 is 1.22. The van der Waals surface area contributed by atoms with E-state index in [0.29, 0.717) is 21.3 Å². The molecule has 1 heterocycles. The smallest absolute Gasteiger partial charge is 0.223 e. The van der Waals surface area contributed by atoms with Crippen molar-refractivity contribution < 1.29 is 21.6 Å². The van der Waals surface area contributed by atoms with Gasteiger partial charge in [-0.3, -0.25) is 4.79 Å². The first-order chi connectivity index (χ1) is 14.0. The number of carbonyl (C=O) groups is 1. The van der Waals surface area contributed by atoms with Gasteiger partial charge in [0.15, 0.2) is 24.8 Å². The maximum atomic E-state index is 12.8. The Hall–Kier alpha value is -2.56. The Labute approximate surface area is 179 Å². The zero-order valence-corrected chi connectivity index (χ0v) is 19.0.